The molecular weight excluding hydrogens is 383 g/mol. The number of carbonyl (C=O) groups is 4. The Labute approximate surface area is 158 Å². The monoisotopic (exact) mass is 401 g/mol. The molecule has 0 saturated carbocycles. The molecule has 0 bridgehead atoms. The predicted octanol–water partition coefficient (Wildman–Crippen LogP) is 0.765. The number of halogens is 3. The highest BCUT2D eigenvalue weighted by Crippen LogP contribution is 2.21. The number of anilines is 1. The molecule has 0 unspecified atom stereocenters. The molecule has 1 heterocycles. The summed E-state index contributed by atoms with van der Waals surface area (Å²) in [4.78, 5) is 47.9. The Bertz CT molecular complexity index is 749. The quantitative estimate of drug-likeness (QED) is 0.657. The molecule has 1 aromatic rings. The van der Waals surface area contributed by atoms with Gasteiger partial charge in [0.15, 0.2) is 6.61 Å². The first-order valence-electron chi connectivity index (χ1n) is 8.33. The second kappa shape index (κ2) is 9.20. The molecule has 11 heteroatoms. The van der Waals surface area contributed by atoms with Crippen molar-refractivity contribution in [1.82, 2.24) is 10.6 Å². The van der Waals surface area contributed by atoms with E-state index in [1.54, 1.807) is 22.3 Å². The third-order valence-corrected chi connectivity index (χ3v) is 3.76. The average Bonchev–Trinajstić information content (AvgIpc) is 3.08. The van der Waals surface area contributed by atoms with E-state index >= 15 is 0 Å². The maximum absolute atomic E-state index is 12.0. The Morgan fingerprint density at radius 1 is 1.11 bits per heavy atom. The lowest BCUT2D eigenvalue weighted by molar-refractivity contribution is -0.150. The van der Waals surface area contributed by atoms with Crippen LogP contribution in [0, 0.1) is 0 Å². The van der Waals surface area contributed by atoms with E-state index in [1.165, 1.54) is 12.1 Å². The highest BCUT2D eigenvalue weighted by molar-refractivity contribution is 5.98. The molecule has 1 aliphatic rings. The van der Waals surface area contributed by atoms with E-state index in [9.17, 15) is 32.3 Å². The second-order valence-corrected chi connectivity index (χ2v) is 5.93. The number of hydrogen-bond donors (Lipinski definition) is 2. The number of carbonyl (C=O) groups excluding carboxylic acids is 4. The summed E-state index contributed by atoms with van der Waals surface area (Å²) in [5, 5.41) is 3.81. The van der Waals surface area contributed by atoms with Crippen LogP contribution >= 0.6 is 0 Å². The fourth-order valence-electron chi connectivity index (χ4n) is 2.42. The third kappa shape index (κ3) is 6.56. The maximum Gasteiger partial charge on any atom is 0.405 e. The Morgan fingerprint density at radius 2 is 1.79 bits per heavy atom. The van der Waals surface area contributed by atoms with Crippen LogP contribution in [-0.4, -0.2) is 56.1 Å². The van der Waals surface area contributed by atoms with Gasteiger partial charge in [-0.3, -0.25) is 19.2 Å². The smallest absolute Gasteiger partial charge is 0.405 e. The number of nitrogens with one attached hydrogen (secondary N) is 2. The lowest BCUT2D eigenvalue weighted by Gasteiger charge is -2.15. The molecule has 28 heavy (non-hydrogen) atoms. The van der Waals surface area contributed by atoms with Gasteiger partial charge in [0, 0.05) is 24.2 Å². The lowest BCUT2D eigenvalue weighted by atomic mass is 10.2. The van der Waals surface area contributed by atoms with Gasteiger partial charge in [-0.1, -0.05) is 0 Å². The fraction of sp³-hybridized carbons (Fsp3) is 0.412. The molecule has 0 aliphatic carbocycles. The van der Waals surface area contributed by atoms with Gasteiger partial charge < -0.3 is 20.3 Å². The van der Waals surface area contributed by atoms with Gasteiger partial charge in [0.2, 0.25) is 5.91 Å². The first-order chi connectivity index (χ1) is 13.2. The van der Waals surface area contributed by atoms with Crippen LogP contribution in [0.3, 0.4) is 0 Å². The number of benzene rings is 1. The molecule has 0 spiro atoms. The van der Waals surface area contributed by atoms with Crippen LogP contribution in [0.1, 0.15) is 23.2 Å². The van der Waals surface area contributed by atoms with Crippen molar-refractivity contribution in [2.45, 2.75) is 19.0 Å². The van der Waals surface area contributed by atoms with Crippen LogP contribution < -0.4 is 15.5 Å². The summed E-state index contributed by atoms with van der Waals surface area (Å²) in [5.41, 5.74) is 0.912. The highest BCUT2D eigenvalue weighted by Gasteiger charge is 2.27. The minimum Gasteiger partial charge on any atom is -0.454 e. The van der Waals surface area contributed by atoms with Gasteiger partial charge in [0.05, 0.1) is 0 Å². The maximum atomic E-state index is 12.0. The molecule has 2 rings (SSSR count). The lowest BCUT2D eigenvalue weighted by Crippen LogP contribution is -2.37. The van der Waals surface area contributed by atoms with E-state index in [4.69, 9.17) is 0 Å². The molecule has 1 aliphatic heterocycles. The van der Waals surface area contributed by atoms with Crippen molar-refractivity contribution in [2.24, 2.45) is 0 Å². The van der Waals surface area contributed by atoms with E-state index < -0.39 is 43.7 Å². The Kier molecular flexibility index (Phi) is 6.96. The highest BCUT2D eigenvalue weighted by atomic mass is 19.4. The summed E-state index contributed by atoms with van der Waals surface area (Å²) in [7, 11) is 0. The first kappa shape index (κ1) is 21.2. The molecule has 0 atom stereocenters. The predicted molar refractivity (Wildman–Crippen MR) is 90.4 cm³/mol. The minimum atomic E-state index is -4.56. The number of nitrogens with zero attached hydrogens (tertiary/aromatic N) is 1. The van der Waals surface area contributed by atoms with Crippen LogP contribution in [0.5, 0.6) is 0 Å². The van der Waals surface area contributed by atoms with Gasteiger partial charge in [-0.2, -0.15) is 13.2 Å². The minimum absolute atomic E-state index is 0.0132. The molecule has 1 fully saturated rings. The number of alkyl halides is 3. The Morgan fingerprint density at radius 3 is 2.36 bits per heavy atom. The van der Waals surface area contributed by atoms with Crippen LogP contribution in [0.15, 0.2) is 24.3 Å². The molecule has 1 saturated heterocycles. The third-order valence-electron chi connectivity index (χ3n) is 3.76. The van der Waals surface area contributed by atoms with E-state index in [0.29, 0.717) is 18.7 Å². The Hall–Kier alpha value is -3.11. The fourth-order valence-corrected chi connectivity index (χ4v) is 2.42. The SMILES string of the molecule is O=C(COC(=O)CNC(=O)c1ccc(N2CCCC2=O)cc1)NCC(F)(F)F. The van der Waals surface area contributed by atoms with Crippen LogP contribution in [-0.2, 0) is 19.1 Å². The van der Waals surface area contributed by atoms with Gasteiger partial charge in [-0.15, -0.1) is 0 Å². The van der Waals surface area contributed by atoms with Crippen LogP contribution in [0.2, 0.25) is 0 Å². The van der Waals surface area contributed by atoms with Crippen LogP contribution in [0.4, 0.5) is 18.9 Å². The summed E-state index contributed by atoms with van der Waals surface area (Å²) in [5.74, 6) is -2.66. The van der Waals surface area contributed by atoms with Crippen molar-refractivity contribution < 1.29 is 37.1 Å². The van der Waals surface area contributed by atoms with Gasteiger partial charge in [-0.25, -0.2) is 0 Å². The van der Waals surface area contributed by atoms with E-state index in [1.807, 2.05) is 0 Å². The largest absolute Gasteiger partial charge is 0.454 e. The zero-order valence-corrected chi connectivity index (χ0v) is 14.7. The topological polar surface area (TPSA) is 105 Å². The van der Waals surface area contributed by atoms with Crippen molar-refractivity contribution in [3.63, 3.8) is 0 Å². The van der Waals surface area contributed by atoms with Crippen molar-refractivity contribution in [1.29, 1.82) is 0 Å². The summed E-state index contributed by atoms with van der Waals surface area (Å²) in [6.07, 6.45) is -3.30. The summed E-state index contributed by atoms with van der Waals surface area (Å²) < 4.78 is 40.3. The van der Waals surface area contributed by atoms with E-state index in [-0.39, 0.29) is 11.5 Å². The molecule has 2 N–H and O–H groups in total. The molecule has 1 aromatic carbocycles. The second-order valence-electron chi connectivity index (χ2n) is 5.93. The molecule has 152 valence electrons. The molecule has 3 amide bonds. The summed E-state index contributed by atoms with van der Waals surface area (Å²) >= 11 is 0. The number of rotatable bonds is 7. The average molecular weight is 401 g/mol. The number of esters is 1. The molecule has 0 aromatic heterocycles. The van der Waals surface area contributed by atoms with Gasteiger partial charge in [0.25, 0.3) is 11.8 Å². The number of hydrogen-bond acceptors (Lipinski definition) is 5. The van der Waals surface area contributed by atoms with Crippen molar-refractivity contribution in [3.8, 4) is 0 Å². The first-order valence-corrected chi connectivity index (χ1v) is 8.33. The van der Waals surface area contributed by atoms with Crippen molar-refractivity contribution in [2.75, 3.05) is 31.1 Å². The zero-order chi connectivity index (χ0) is 20.7. The Balaban J connectivity index is 1.73. The standard InChI is InChI=1S/C17H18F3N3O5/c18-17(19,20)10-22-13(24)9-28-15(26)8-21-16(27)11-3-5-12(6-4-11)23-7-1-2-14(23)25/h3-6H,1-2,7-10H2,(H,21,27)(H,22,24). The normalized spacial score (nSPS) is 14.0. The summed E-state index contributed by atoms with van der Waals surface area (Å²) in [6.45, 7) is -2.35. The van der Waals surface area contributed by atoms with E-state index in [0.717, 1.165) is 6.42 Å². The van der Waals surface area contributed by atoms with Gasteiger partial charge in [-0.05, 0) is 30.7 Å². The summed E-state index contributed by atoms with van der Waals surface area (Å²) in [6, 6.07) is 6.21. The number of amides is 3. The number of ether oxygens (including phenoxy) is 1. The van der Waals surface area contributed by atoms with Gasteiger partial charge in [0.1, 0.15) is 13.1 Å². The van der Waals surface area contributed by atoms with Crippen molar-refractivity contribution >= 4 is 29.4 Å². The van der Waals surface area contributed by atoms with Crippen molar-refractivity contribution in [3.05, 3.63) is 29.8 Å². The molecule has 0 radical (unpaired) electrons. The molecular formula is C17H18F3N3O5. The molecule has 8 nitrogen and oxygen atoms in total. The van der Waals surface area contributed by atoms with Gasteiger partial charge >= 0.3 is 12.1 Å². The zero-order valence-electron chi connectivity index (χ0n) is 14.7. The van der Waals surface area contributed by atoms with E-state index in [2.05, 4.69) is 10.1 Å². The van der Waals surface area contributed by atoms with Crippen LogP contribution in [0.25, 0.3) is 0 Å².